The van der Waals surface area contributed by atoms with Crippen molar-refractivity contribution in [3.63, 3.8) is 0 Å². The minimum absolute atomic E-state index is 0.0648. The molecule has 1 rings (SSSR count). The van der Waals surface area contributed by atoms with Gasteiger partial charge in [0.05, 0.1) is 10.6 Å². The third-order valence-corrected chi connectivity index (χ3v) is 2.39. The van der Waals surface area contributed by atoms with E-state index in [-0.39, 0.29) is 22.2 Å². The van der Waals surface area contributed by atoms with Gasteiger partial charge in [-0.05, 0) is 25.1 Å². The molecule has 2 N–H and O–H groups in total. The fraction of sp³-hybridized carbons (Fsp3) is 0.273. The lowest BCUT2D eigenvalue weighted by Gasteiger charge is -2.14. The van der Waals surface area contributed by atoms with Gasteiger partial charge in [0.25, 0.3) is 5.91 Å². The van der Waals surface area contributed by atoms with Crippen LogP contribution in [0.15, 0.2) is 18.2 Å². The van der Waals surface area contributed by atoms with Gasteiger partial charge in [0, 0.05) is 7.05 Å². The minimum atomic E-state index is -1.07. The van der Waals surface area contributed by atoms with Crippen molar-refractivity contribution in [2.75, 3.05) is 7.05 Å². The van der Waals surface area contributed by atoms with E-state index in [0.29, 0.717) is 0 Å². The van der Waals surface area contributed by atoms with Crippen LogP contribution in [0.3, 0.4) is 0 Å². The summed E-state index contributed by atoms with van der Waals surface area (Å²) in [7, 11) is 1.50. The van der Waals surface area contributed by atoms with Crippen molar-refractivity contribution in [2.45, 2.75) is 13.0 Å². The maximum Gasteiger partial charge on any atom is 0.335 e. The summed E-state index contributed by atoms with van der Waals surface area (Å²) in [4.78, 5) is 21.9. The van der Waals surface area contributed by atoms with Crippen LogP contribution in [-0.4, -0.2) is 30.1 Å². The molecule has 92 valence electrons. The molecule has 0 aromatic heterocycles. The second-order valence-corrected chi connectivity index (χ2v) is 3.73. The van der Waals surface area contributed by atoms with Crippen LogP contribution in [0.5, 0.6) is 5.75 Å². The molecule has 6 heteroatoms. The van der Waals surface area contributed by atoms with Crippen molar-refractivity contribution in [1.29, 1.82) is 0 Å². The lowest BCUT2D eigenvalue weighted by molar-refractivity contribution is -0.126. The number of halogens is 1. The number of nitrogens with one attached hydrogen (secondary N) is 1. The highest BCUT2D eigenvalue weighted by molar-refractivity contribution is 6.32. The summed E-state index contributed by atoms with van der Waals surface area (Å²) in [5.74, 6) is -1.09. The number of benzene rings is 1. The second kappa shape index (κ2) is 5.54. The van der Waals surface area contributed by atoms with Crippen molar-refractivity contribution >= 4 is 23.5 Å². The first-order valence-electron chi connectivity index (χ1n) is 4.86. The fourth-order valence-electron chi connectivity index (χ4n) is 1.18. The maximum atomic E-state index is 11.2. The molecule has 0 fully saturated rings. The largest absolute Gasteiger partial charge is 0.479 e. The fourth-order valence-corrected chi connectivity index (χ4v) is 1.40. The number of carbonyl (C=O) groups is 2. The van der Waals surface area contributed by atoms with Crippen molar-refractivity contribution in [2.24, 2.45) is 0 Å². The van der Waals surface area contributed by atoms with Crippen molar-refractivity contribution in [1.82, 2.24) is 5.32 Å². The summed E-state index contributed by atoms with van der Waals surface area (Å²) in [5.41, 5.74) is 0.0648. The molecule has 1 atom stereocenters. The Balaban J connectivity index is 2.86. The normalized spacial score (nSPS) is 11.7. The molecule has 0 radical (unpaired) electrons. The molecule has 0 aliphatic heterocycles. The van der Waals surface area contributed by atoms with Crippen LogP contribution in [0.4, 0.5) is 0 Å². The number of hydrogen-bond donors (Lipinski definition) is 2. The number of carboxylic acids is 1. The first kappa shape index (κ1) is 13.3. The quantitative estimate of drug-likeness (QED) is 0.858. The molecule has 0 aliphatic rings. The number of carboxylic acid groups (broad SMARTS) is 1. The molecule has 17 heavy (non-hydrogen) atoms. The van der Waals surface area contributed by atoms with Gasteiger partial charge in [0.2, 0.25) is 0 Å². The maximum absolute atomic E-state index is 11.2. The summed E-state index contributed by atoms with van der Waals surface area (Å²) in [6, 6.07) is 4.06. The van der Waals surface area contributed by atoms with Gasteiger partial charge in [-0.15, -0.1) is 0 Å². The van der Waals surface area contributed by atoms with Crippen LogP contribution in [-0.2, 0) is 4.79 Å². The van der Waals surface area contributed by atoms with Crippen LogP contribution in [0.25, 0.3) is 0 Å². The number of aromatic carboxylic acids is 1. The number of amides is 1. The van der Waals surface area contributed by atoms with E-state index in [9.17, 15) is 9.59 Å². The van der Waals surface area contributed by atoms with Gasteiger partial charge in [0.15, 0.2) is 6.10 Å². The molecule has 5 nitrogen and oxygen atoms in total. The second-order valence-electron chi connectivity index (χ2n) is 3.32. The number of hydrogen-bond acceptors (Lipinski definition) is 3. The summed E-state index contributed by atoms with van der Waals surface area (Å²) in [5, 5.41) is 11.3. The molecule has 0 bridgehead atoms. The van der Waals surface area contributed by atoms with E-state index in [1.54, 1.807) is 6.92 Å². The van der Waals surface area contributed by atoms with Gasteiger partial charge >= 0.3 is 5.97 Å². The van der Waals surface area contributed by atoms with E-state index < -0.39 is 12.1 Å². The van der Waals surface area contributed by atoms with Crippen molar-refractivity contribution < 1.29 is 19.4 Å². The van der Waals surface area contributed by atoms with Crippen molar-refractivity contribution in [3.05, 3.63) is 28.8 Å². The van der Waals surface area contributed by atoms with Crippen LogP contribution in [0.2, 0.25) is 5.02 Å². The Morgan fingerprint density at radius 1 is 1.47 bits per heavy atom. The molecular formula is C11H12ClNO4. The molecule has 0 saturated carbocycles. The van der Waals surface area contributed by atoms with E-state index in [0.717, 1.165) is 0 Å². The number of ether oxygens (including phenoxy) is 1. The van der Waals surface area contributed by atoms with Crippen LogP contribution >= 0.6 is 11.6 Å². The molecule has 0 heterocycles. The Kier molecular flexibility index (Phi) is 4.34. The molecular weight excluding hydrogens is 246 g/mol. The SMILES string of the molecule is CNC(=O)C(C)Oc1ccc(C(=O)O)cc1Cl. The van der Waals surface area contributed by atoms with Gasteiger partial charge in [-0.25, -0.2) is 4.79 Å². The molecule has 1 aromatic carbocycles. The Hall–Kier alpha value is -1.75. The van der Waals surface area contributed by atoms with Gasteiger partial charge < -0.3 is 15.2 Å². The number of rotatable bonds is 4. The van der Waals surface area contributed by atoms with E-state index in [1.807, 2.05) is 0 Å². The molecule has 0 saturated heterocycles. The predicted molar refractivity (Wildman–Crippen MR) is 62.6 cm³/mol. The van der Waals surface area contributed by atoms with Crippen molar-refractivity contribution in [3.8, 4) is 5.75 Å². The first-order valence-corrected chi connectivity index (χ1v) is 5.24. The zero-order valence-electron chi connectivity index (χ0n) is 9.36. The molecule has 1 aromatic rings. The Morgan fingerprint density at radius 3 is 2.59 bits per heavy atom. The van der Waals surface area contributed by atoms with Crippen LogP contribution < -0.4 is 10.1 Å². The highest BCUT2D eigenvalue weighted by Gasteiger charge is 2.15. The molecule has 1 amide bonds. The van der Waals surface area contributed by atoms with Gasteiger partial charge in [-0.3, -0.25) is 4.79 Å². The molecule has 1 unspecified atom stereocenters. The highest BCUT2D eigenvalue weighted by atomic mass is 35.5. The third kappa shape index (κ3) is 3.35. The average Bonchev–Trinajstić information content (AvgIpc) is 2.30. The lowest BCUT2D eigenvalue weighted by Crippen LogP contribution is -2.33. The van der Waals surface area contributed by atoms with E-state index >= 15 is 0 Å². The van der Waals surface area contributed by atoms with Gasteiger partial charge in [-0.2, -0.15) is 0 Å². The number of carbonyl (C=O) groups excluding carboxylic acids is 1. The molecule has 0 spiro atoms. The first-order chi connectivity index (χ1) is 7.95. The Bertz CT molecular complexity index is 447. The predicted octanol–water partition coefficient (Wildman–Crippen LogP) is 1.55. The standard InChI is InChI=1S/C11H12ClNO4/c1-6(10(14)13-2)17-9-4-3-7(11(15)16)5-8(9)12/h3-6H,1-2H3,(H,13,14)(H,15,16). The van der Waals surface area contributed by atoms with Gasteiger partial charge in [0.1, 0.15) is 5.75 Å². The Labute approximate surface area is 103 Å². The minimum Gasteiger partial charge on any atom is -0.479 e. The average molecular weight is 258 g/mol. The van der Waals surface area contributed by atoms with E-state index in [4.69, 9.17) is 21.4 Å². The topological polar surface area (TPSA) is 75.6 Å². The van der Waals surface area contributed by atoms with E-state index in [1.165, 1.54) is 25.2 Å². The summed E-state index contributed by atoms with van der Waals surface area (Å²) < 4.78 is 5.30. The van der Waals surface area contributed by atoms with Gasteiger partial charge in [-0.1, -0.05) is 11.6 Å². The Morgan fingerprint density at radius 2 is 2.12 bits per heavy atom. The van der Waals surface area contributed by atoms with Crippen LogP contribution in [0.1, 0.15) is 17.3 Å². The summed E-state index contributed by atoms with van der Waals surface area (Å²) >= 11 is 5.85. The summed E-state index contributed by atoms with van der Waals surface area (Å²) in [6.45, 7) is 1.57. The highest BCUT2D eigenvalue weighted by Crippen LogP contribution is 2.26. The smallest absolute Gasteiger partial charge is 0.335 e. The zero-order chi connectivity index (χ0) is 13.0. The monoisotopic (exact) mass is 257 g/mol. The summed E-state index contributed by atoms with van der Waals surface area (Å²) in [6.07, 6.45) is -0.701. The lowest BCUT2D eigenvalue weighted by atomic mass is 10.2. The third-order valence-electron chi connectivity index (χ3n) is 2.10. The zero-order valence-corrected chi connectivity index (χ0v) is 10.1. The number of likely N-dealkylation sites (N-methyl/N-ethyl adjacent to an activating group) is 1. The van der Waals surface area contributed by atoms with Crippen LogP contribution in [0, 0.1) is 0 Å². The van der Waals surface area contributed by atoms with E-state index in [2.05, 4.69) is 5.32 Å². The molecule has 0 aliphatic carbocycles.